The first-order valence-corrected chi connectivity index (χ1v) is 10.1. The van der Waals surface area contributed by atoms with Crippen LogP contribution in [-0.4, -0.2) is 30.3 Å². The molecule has 3 aromatic heterocycles. The summed E-state index contributed by atoms with van der Waals surface area (Å²) in [5.41, 5.74) is 3.05. The number of ether oxygens (including phenoxy) is 2. The van der Waals surface area contributed by atoms with E-state index in [4.69, 9.17) is 14.0 Å². The van der Waals surface area contributed by atoms with Crippen LogP contribution in [0.1, 0.15) is 26.5 Å². The van der Waals surface area contributed by atoms with Crippen LogP contribution in [0.2, 0.25) is 0 Å². The molecule has 4 aromatic rings. The first-order chi connectivity index (χ1) is 14.5. The number of aromatic nitrogens is 2. The molecule has 0 atom stereocenters. The summed E-state index contributed by atoms with van der Waals surface area (Å²) in [5.74, 6) is 1.03. The van der Waals surface area contributed by atoms with Gasteiger partial charge in [0.2, 0.25) is 0 Å². The van der Waals surface area contributed by atoms with Crippen LogP contribution in [0.3, 0.4) is 0 Å². The Labute approximate surface area is 177 Å². The van der Waals surface area contributed by atoms with E-state index in [0.717, 1.165) is 10.4 Å². The first kappa shape index (κ1) is 19.9. The number of fused-ring (bicyclic) bond motifs is 1. The number of thiophene rings is 1. The third-order valence-electron chi connectivity index (χ3n) is 4.76. The Bertz CT molecular complexity index is 1230. The van der Waals surface area contributed by atoms with Gasteiger partial charge in [-0.15, -0.1) is 11.3 Å². The molecule has 0 saturated carbocycles. The number of carbonyl (C=O) groups excluding carboxylic acids is 1. The van der Waals surface area contributed by atoms with E-state index in [0.29, 0.717) is 46.1 Å². The standard InChI is InChI=1S/C22H21N3O4S/c1-12-5-8-19(30-12)16-10-15(20-13(2)25-29-22(20)24-16)21(26)23-11-14-6-7-17(27-3)18(9-14)28-4/h5-10H,11H2,1-4H3,(H,23,26). The van der Waals surface area contributed by atoms with Crippen molar-refractivity contribution >= 4 is 28.3 Å². The summed E-state index contributed by atoms with van der Waals surface area (Å²) >= 11 is 1.61. The van der Waals surface area contributed by atoms with Gasteiger partial charge in [-0.1, -0.05) is 11.2 Å². The van der Waals surface area contributed by atoms with Crippen molar-refractivity contribution in [3.63, 3.8) is 0 Å². The lowest BCUT2D eigenvalue weighted by Crippen LogP contribution is -2.23. The number of hydrogen-bond acceptors (Lipinski definition) is 7. The van der Waals surface area contributed by atoms with E-state index in [1.807, 2.05) is 37.3 Å². The molecule has 1 amide bonds. The van der Waals surface area contributed by atoms with E-state index in [2.05, 4.69) is 15.5 Å². The maximum atomic E-state index is 13.1. The Morgan fingerprint density at radius 3 is 2.60 bits per heavy atom. The number of amides is 1. The smallest absolute Gasteiger partial charge is 0.259 e. The lowest BCUT2D eigenvalue weighted by Gasteiger charge is -2.11. The fourth-order valence-electron chi connectivity index (χ4n) is 3.24. The lowest BCUT2D eigenvalue weighted by molar-refractivity contribution is 0.0952. The van der Waals surface area contributed by atoms with Crippen LogP contribution < -0.4 is 14.8 Å². The van der Waals surface area contributed by atoms with Gasteiger partial charge in [-0.05, 0) is 49.7 Å². The second-order valence-corrected chi connectivity index (χ2v) is 8.07. The molecule has 154 valence electrons. The SMILES string of the molecule is COc1ccc(CNC(=O)c2cc(-c3ccc(C)s3)nc3onc(C)c23)cc1OC. The fourth-order valence-corrected chi connectivity index (χ4v) is 4.07. The molecule has 4 rings (SSSR count). The summed E-state index contributed by atoms with van der Waals surface area (Å²) < 4.78 is 16.0. The van der Waals surface area contributed by atoms with Crippen LogP contribution in [0.5, 0.6) is 11.5 Å². The van der Waals surface area contributed by atoms with Crippen LogP contribution in [0.15, 0.2) is 40.9 Å². The number of aryl methyl sites for hydroxylation is 2. The van der Waals surface area contributed by atoms with Gasteiger partial charge >= 0.3 is 0 Å². The molecule has 0 spiro atoms. The molecule has 0 aliphatic rings. The zero-order valence-corrected chi connectivity index (χ0v) is 17.9. The maximum Gasteiger partial charge on any atom is 0.259 e. The number of nitrogens with one attached hydrogen (secondary N) is 1. The van der Waals surface area contributed by atoms with E-state index in [9.17, 15) is 4.79 Å². The average molecular weight is 423 g/mol. The summed E-state index contributed by atoms with van der Waals surface area (Å²) in [5, 5.41) is 7.58. The number of hydrogen-bond donors (Lipinski definition) is 1. The molecule has 3 heterocycles. The number of pyridine rings is 1. The molecule has 0 aliphatic carbocycles. The van der Waals surface area contributed by atoms with E-state index >= 15 is 0 Å². The molecule has 0 unspecified atom stereocenters. The molecule has 0 radical (unpaired) electrons. The molecule has 8 heteroatoms. The maximum absolute atomic E-state index is 13.1. The average Bonchev–Trinajstić information content (AvgIpc) is 3.36. The Morgan fingerprint density at radius 1 is 1.10 bits per heavy atom. The molecular formula is C22H21N3O4S. The number of rotatable bonds is 6. The highest BCUT2D eigenvalue weighted by Gasteiger charge is 2.20. The van der Waals surface area contributed by atoms with E-state index in [-0.39, 0.29) is 5.91 Å². The Morgan fingerprint density at radius 2 is 1.90 bits per heavy atom. The van der Waals surface area contributed by atoms with Crippen LogP contribution in [0, 0.1) is 13.8 Å². The summed E-state index contributed by atoms with van der Waals surface area (Å²) in [6, 6.07) is 11.3. The predicted molar refractivity (Wildman–Crippen MR) is 115 cm³/mol. The quantitative estimate of drug-likeness (QED) is 0.491. The fraction of sp³-hybridized carbons (Fsp3) is 0.227. The second kappa shape index (κ2) is 8.16. The molecule has 1 N–H and O–H groups in total. The largest absolute Gasteiger partial charge is 0.493 e. The van der Waals surface area contributed by atoms with Crippen LogP contribution >= 0.6 is 11.3 Å². The third-order valence-corrected chi connectivity index (χ3v) is 5.78. The predicted octanol–water partition coefficient (Wildman–Crippen LogP) is 4.52. The highest BCUT2D eigenvalue weighted by atomic mass is 32.1. The summed E-state index contributed by atoms with van der Waals surface area (Å²) in [6.07, 6.45) is 0. The van der Waals surface area contributed by atoms with Crippen molar-refractivity contribution in [3.05, 3.63) is 58.1 Å². The molecule has 0 fully saturated rings. The van der Waals surface area contributed by atoms with Crippen molar-refractivity contribution in [1.29, 1.82) is 0 Å². The minimum absolute atomic E-state index is 0.224. The minimum atomic E-state index is -0.224. The van der Waals surface area contributed by atoms with Gasteiger partial charge in [0.05, 0.1) is 41.4 Å². The summed E-state index contributed by atoms with van der Waals surface area (Å²) in [7, 11) is 3.17. The van der Waals surface area contributed by atoms with Gasteiger partial charge in [-0.25, -0.2) is 4.98 Å². The van der Waals surface area contributed by atoms with Gasteiger partial charge in [-0.3, -0.25) is 4.79 Å². The Balaban J connectivity index is 1.65. The normalized spacial score (nSPS) is 10.9. The highest BCUT2D eigenvalue weighted by Crippen LogP contribution is 2.31. The molecule has 0 bridgehead atoms. The molecule has 1 aromatic carbocycles. The Hall–Kier alpha value is -3.39. The summed E-state index contributed by atoms with van der Waals surface area (Å²) in [4.78, 5) is 19.8. The number of benzene rings is 1. The van der Waals surface area contributed by atoms with Crippen molar-refractivity contribution in [2.75, 3.05) is 14.2 Å². The van der Waals surface area contributed by atoms with Crippen molar-refractivity contribution in [3.8, 4) is 22.1 Å². The van der Waals surface area contributed by atoms with Crippen molar-refractivity contribution in [1.82, 2.24) is 15.5 Å². The summed E-state index contributed by atoms with van der Waals surface area (Å²) in [6.45, 7) is 4.16. The Kier molecular flexibility index (Phi) is 5.41. The van der Waals surface area contributed by atoms with Gasteiger partial charge in [-0.2, -0.15) is 0 Å². The number of nitrogens with zero attached hydrogens (tertiary/aromatic N) is 2. The van der Waals surface area contributed by atoms with Crippen LogP contribution in [0.25, 0.3) is 21.7 Å². The third kappa shape index (κ3) is 3.73. The highest BCUT2D eigenvalue weighted by molar-refractivity contribution is 7.15. The minimum Gasteiger partial charge on any atom is -0.493 e. The van der Waals surface area contributed by atoms with Gasteiger partial charge in [0.1, 0.15) is 0 Å². The monoisotopic (exact) mass is 423 g/mol. The molecular weight excluding hydrogens is 402 g/mol. The topological polar surface area (TPSA) is 86.5 Å². The molecule has 0 aliphatic heterocycles. The first-order valence-electron chi connectivity index (χ1n) is 9.33. The van der Waals surface area contributed by atoms with Crippen LogP contribution in [0.4, 0.5) is 0 Å². The van der Waals surface area contributed by atoms with Crippen molar-refractivity contribution in [2.24, 2.45) is 0 Å². The van der Waals surface area contributed by atoms with E-state index < -0.39 is 0 Å². The molecule has 0 saturated heterocycles. The number of methoxy groups -OCH3 is 2. The number of carbonyl (C=O) groups is 1. The van der Waals surface area contributed by atoms with Crippen molar-refractivity contribution in [2.45, 2.75) is 20.4 Å². The second-order valence-electron chi connectivity index (χ2n) is 6.79. The molecule has 30 heavy (non-hydrogen) atoms. The molecule has 7 nitrogen and oxygen atoms in total. The van der Waals surface area contributed by atoms with Gasteiger partial charge in [0.25, 0.3) is 11.6 Å². The van der Waals surface area contributed by atoms with Crippen molar-refractivity contribution < 1.29 is 18.8 Å². The van der Waals surface area contributed by atoms with Crippen LogP contribution in [-0.2, 0) is 6.54 Å². The lowest BCUT2D eigenvalue weighted by atomic mass is 10.1. The van der Waals surface area contributed by atoms with E-state index in [1.54, 1.807) is 38.5 Å². The van der Waals surface area contributed by atoms with Gasteiger partial charge in [0, 0.05) is 11.4 Å². The zero-order valence-electron chi connectivity index (χ0n) is 17.1. The van der Waals surface area contributed by atoms with E-state index in [1.165, 1.54) is 4.88 Å². The van der Waals surface area contributed by atoms with Gasteiger partial charge < -0.3 is 19.3 Å². The van der Waals surface area contributed by atoms with Gasteiger partial charge in [0.15, 0.2) is 11.5 Å². The zero-order chi connectivity index (χ0) is 21.3.